The fraction of sp³-hybridized carbons (Fsp3) is 0.200. The largest absolute Gasteiger partial charge is 0.502 e. The van der Waals surface area contributed by atoms with Crippen LogP contribution in [0.2, 0.25) is 5.02 Å². The SMILES string of the molecule is O=C1C(O)=C(c2ccc(Cl)cc2)C(=O)N1c1ccc(N2CCCC2)cc1. The Labute approximate surface area is 156 Å². The van der Waals surface area contributed by atoms with Crippen molar-refractivity contribution in [2.45, 2.75) is 12.8 Å². The molecule has 6 heteroatoms. The van der Waals surface area contributed by atoms with Gasteiger partial charge in [-0.05, 0) is 54.8 Å². The van der Waals surface area contributed by atoms with Crippen LogP contribution in [0.4, 0.5) is 11.4 Å². The summed E-state index contributed by atoms with van der Waals surface area (Å²) >= 11 is 5.87. The highest BCUT2D eigenvalue weighted by Crippen LogP contribution is 2.33. The van der Waals surface area contributed by atoms with Crippen molar-refractivity contribution in [1.82, 2.24) is 0 Å². The number of halogens is 1. The Bertz CT molecular complexity index is 898. The minimum absolute atomic E-state index is 0.00436. The number of anilines is 2. The third-order valence-corrected chi connectivity index (χ3v) is 5.02. The van der Waals surface area contributed by atoms with Gasteiger partial charge >= 0.3 is 5.91 Å². The normalized spacial score (nSPS) is 17.6. The topological polar surface area (TPSA) is 60.9 Å². The Morgan fingerprint density at radius 1 is 0.808 bits per heavy atom. The number of benzene rings is 2. The summed E-state index contributed by atoms with van der Waals surface area (Å²) in [5.74, 6) is -1.79. The van der Waals surface area contributed by atoms with Crippen LogP contribution in [0, 0.1) is 0 Å². The molecule has 2 amide bonds. The Morgan fingerprint density at radius 2 is 1.38 bits per heavy atom. The molecule has 0 bridgehead atoms. The van der Waals surface area contributed by atoms with Gasteiger partial charge in [-0.2, -0.15) is 0 Å². The summed E-state index contributed by atoms with van der Waals surface area (Å²) in [6.07, 6.45) is 2.35. The number of carbonyl (C=O) groups excluding carboxylic acids is 2. The molecule has 0 radical (unpaired) electrons. The number of aliphatic hydroxyl groups is 1. The minimum Gasteiger partial charge on any atom is -0.502 e. The molecule has 1 saturated heterocycles. The first-order valence-corrected chi connectivity index (χ1v) is 8.87. The number of amides is 2. The van der Waals surface area contributed by atoms with Crippen LogP contribution in [-0.2, 0) is 9.59 Å². The molecule has 0 aliphatic carbocycles. The highest BCUT2D eigenvalue weighted by Gasteiger charge is 2.40. The van der Waals surface area contributed by atoms with Crippen molar-refractivity contribution >= 4 is 40.4 Å². The summed E-state index contributed by atoms with van der Waals surface area (Å²) in [7, 11) is 0. The van der Waals surface area contributed by atoms with E-state index in [0.29, 0.717) is 16.3 Å². The van der Waals surface area contributed by atoms with Gasteiger partial charge in [-0.15, -0.1) is 0 Å². The number of imide groups is 1. The Balaban J connectivity index is 1.63. The molecule has 0 saturated carbocycles. The lowest BCUT2D eigenvalue weighted by atomic mass is 10.1. The van der Waals surface area contributed by atoms with E-state index in [-0.39, 0.29) is 5.57 Å². The van der Waals surface area contributed by atoms with E-state index >= 15 is 0 Å². The van der Waals surface area contributed by atoms with Crippen molar-refractivity contribution in [2.24, 2.45) is 0 Å². The molecule has 2 aromatic rings. The Kier molecular flexibility index (Phi) is 4.17. The van der Waals surface area contributed by atoms with Crippen molar-refractivity contribution in [3.8, 4) is 0 Å². The van der Waals surface area contributed by atoms with E-state index in [2.05, 4.69) is 4.90 Å². The van der Waals surface area contributed by atoms with E-state index in [1.807, 2.05) is 12.1 Å². The zero-order valence-corrected chi connectivity index (χ0v) is 14.7. The summed E-state index contributed by atoms with van der Waals surface area (Å²) in [4.78, 5) is 28.5. The second-order valence-corrected chi connectivity index (χ2v) is 6.82. The number of rotatable bonds is 3. The molecule has 2 heterocycles. The standard InChI is InChI=1S/C20H17ClN2O3/c21-14-5-3-13(4-6-14)17-18(24)20(26)23(19(17)25)16-9-7-15(8-10-16)22-11-1-2-12-22/h3-10,24H,1-2,11-12H2. The first kappa shape index (κ1) is 16.7. The average molecular weight is 369 g/mol. The molecular weight excluding hydrogens is 352 g/mol. The van der Waals surface area contributed by atoms with Crippen molar-refractivity contribution in [3.05, 3.63) is 64.9 Å². The molecule has 1 N–H and O–H groups in total. The van der Waals surface area contributed by atoms with Gasteiger partial charge in [0.25, 0.3) is 5.91 Å². The maximum atomic E-state index is 12.8. The second kappa shape index (κ2) is 6.50. The second-order valence-electron chi connectivity index (χ2n) is 6.39. The molecule has 26 heavy (non-hydrogen) atoms. The van der Waals surface area contributed by atoms with Crippen LogP contribution >= 0.6 is 11.6 Å². The van der Waals surface area contributed by atoms with Gasteiger partial charge in [0.1, 0.15) is 0 Å². The van der Waals surface area contributed by atoms with Gasteiger partial charge in [-0.25, -0.2) is 4.90 Å². The lowest BCUT2D eigenvalue weighted by Crippen LogP contribution is -2.31. The molecule has 1 fully saturated rings. The first-order valence-electron chi connectivity index (χ1n) is 8.49. The van der Waals surface area contributed by atoms with Crippen molar-refractivity contribution < 1.29 is 14.7 Å². The van der Waals surface area contributed by atoms with Gasteiger partial charge in [0, 0.05) is 23.8 Å². The fourth-order valence-corrected chi connectivity index (χ4v) is 3.54. The molecule has 2 aromatic carbocycles. The summed E-state index contributed by atoms with van der Waals surface area (Å²) in [5, 5.41) is 10.7. The minimum atomic E-state index is -0.714. The molecule has 132 valence electrons. The van der Waals surface area contributed by atoms with Gasteiger partial charge in [0.2, 0.25) is 0 Å². The highest BCUT2D eigenvalue weighted by atomic mass is 35.5. The van der Waals surface area contributed by atoms with Crippen LogP contribution in [0.5, 0.6) is 0 Å². The van der Waals surface area contributed by atoms with Crippen LogP contribution in [-0.4, -0.2) is 30.0 Å². The van der Waals surface area contributed by atoms with Crippen molar-refractivity contribution in [1.29, 1.82) is 0 Å². The third-order valence-electron chi connectivity index (χ3n) is 4.77. The lowest BCUT2D eigenvalue weighted by Gasteiger charge is -2.19. The van der Waals surface area contributed by atoms with Crippen LogP contribution in [0.15, 0.2) is 54.3 Å². The van der Waals surface area contributed by atoms with Crippen molar-refractivity contribution in [3.63, 3.8) is 0 Å². The van der Waals surface area contributed by atoms with E-state index in [4.69, 9.17) is 11.6 Å². The smallest absolute Gasteiger partial charge is 0.301 e. The molecule has 0 spiro atoms. The Hall–Kier alpha value is -2.79. The van der Waals surface area contributed by atoms with E-state index in [0.717, 1.165) is 23.7 Å². The number of hydrogen-bond donors (Lipinski definition) is 1. The summed E-state index contributed by atoms with van der Waals surface area (Å²) in [6, 6.07) is 13.7. The van der Waals surface area contributed by atoms with E-state index < -0.39 is 17.6 Å². The van der Waals surface area contributed by atoms with Crippen LogP contribution in [0.3, 0.4) is 0 Å². The van der Waals surface area contributed by atoms with E-state index in [1.165, 1.54) is 12.8 Å². The van der Waals surface area contributed by atoms with E-state index in [9.17, 15) is 14.7 Å². The average Bonchev–Trinajstić information content (AvgIpc) is 3.25. The fourth-order valence-electron chi connectivity index (χ4n) is 3.42. The zero-order valence-electron chi connectivity index (χ0n) is 14.0. The maximum Gasteiger partial charge on any atom is 0.301 e. The molecule has 0 atom stereocenters. The molecule has 5 nitrogen and oxygen atoms in total. The number of carbonyl (C=O) groups is 2. The number of nitrogens with zero attached hydrogens (tertiary/aromatic N) is 2. The predicted octanol–water partition coefficient (Wildman–Crippen LogP) is 3.78. The highest BCUT2D eigenvalue weighted by molar-refractivity contribution is 6.45. The van der Waals surface area contributed by atoms with Crippen LogP contribution < -0.4 is 9.80 Å². The van der Waals surface area contributed by atoms with Gasteiger partial charge in [0.15, 0.2) is 5.76 Å². The molecule has 4 rings (SSSR count). The van der Waals surface area contributed by atoms with Crippen LogP contribution in [0.25, 0.3) is 5.57 Å². The van der Waals surface area contributed by atoms with Gasteiger partial charge in [-0.1, -0.05) is 23.7 Å². The molecule has 0 unspecified atom stereocenters. The molecule has 0 aromatic heterocycles. The van der Waals surface area contributed by atoms with Crippen molar-refractivity contribution in [2.75, 3.05) is 22.9 Å². The quantitative estimate of drug-likeness (QED) is 0.837. The lowest BCUT2D eigenvalue weighted by molar-refractivity contribution is -0.121. The third kappa shape index (κ3) is 2.74. The van der Waals surface area contributed by atoms with E-state index in [1.54, 1.807) is 36.4 Å². The Morgan fingerprint density at radius 3 is 2.00 bits per heavy atom. The first-order chi connectivity index (χ1) is 12.6. The maximum absolute atomic E-state index is 12.8. The summed E-state index contributed by atoms with van der Waals surface area (Å²) in [6.45, 7) is 2.04. The monoisotopic (exact) mass is 368 g/mol. The zero-order chi connectivity index (χ0) is 18.3. The number of aliphatic hydroxyl groups excluding tert-OH is 1. The van der Waals surface area contributed by atoms with Gasteiger partial charge in [0.05, 0.1) is 11.3 Å². The van der Waals surface area contributed by atoms with Crippen LogP contribution in [0.1, 0.15) is 18.4 Å². The van der Waals surface area contributed by atoms with Gasteiger partial charge in [-0.3, -0.25) is 9.59 Å². The number of hydrogen-bond acceptors (Lipinski definition) is 4. The molecular formula is C20H17ClN2O3. The summed E-state index contributed by atoms with van der Waals surface area (Å²) in [5.41, 5.74) is 1.97. The molecule has 2 aliphatic rings. The molecule has 2 aliphatic heterocycles. The van der Waals surface area contributed by atoms with Gasteiger partial charge < -0.3 is 10.0 Å². The predicted molar refractivity (Wildman–Crippen MR) is 101 cm³/mol. The summed E-state index contributed by atoms with van der Waals surface area (Å²) < 4.78 is 0.